The molecular weight excluding hydrogens is 312 g/mol. The van der Waals surface area contributed by atoms with E-state index >= 15 is 0 Å². The Morgan fingerprint density at radius 1 is 1.13 bits per heavy atom. The molecule has 1 fully saturated rings. The maximum absolute atomic E-state index is 13.1. The molecule has 1 aliphatic carbocycles. The van der Waals surface area contributed by atoms with Crippen LogP contribution in [-0.2, 0) is 10.0 Å². The maximum atomic E-state index is 13.1. The Morgan fingerprint density at radius 3 is 2.74 bits per heavy atom. The number of hydrogen-bond donors (Lipinski definition) is 1. The van der Waals surface area contributed by atoms with Gasteiger partial charge >= 0.3 is 0 Å². The number of nitrogens with zero attached hydrogens (tertiary/aromatic N) is 1. The number of anilines is 2. The second kappa shape index (κ2) is 5.16. The highest BCUT2D eigenvalue weighted by Crippen LogP contribution is 2.41. The molecule has 0 spiro atoms. The first-order chi connectivity index (χ1) is 11.1. The van der Waals surface area contributed by atoms with Gasteiger partial charge in [0.25, 0.3) is 10.0 Å². The summed E-state index contributed by atoms with van der Waals surface area (Å²) in [5, 5.41) is 0. The molecule has 23 heavy (non-hydrogen) atoms. The van der Waals surface area contributed by atoms with Gasteiger partial charge in [-0.25, -0.2) is 8.42 Å². The molecule has 1 aliphatic heterocycles. The lowest BCUT2D eigenvalue weighted by Gasteiger charge is -2.30. The zero-order valence-electron chi connectivity index (χ0n) is 12.6. The van der Waals surface area contributed by atoms with Crippen LogP contribution in [0, 0.1) is 0 Å². The molecule has 120 valence electrons. The van der Waals surface area contributed by atoms with Gasteiger partial charge in [-0.15, -0.1) is 0 Å². The van der Waals surface area contributed by atoms with Gasteiger partial charge < -0.3 is 10.5 Å². The number of fused-ring (bicyclic) bond motifs is 1. The van der Waals surface area contributed by atoms with Crippen LogP contribution >= 0.6 is 0 Å². The second-order valence-corrected chi connectivity index (χ2v) is 7.86. The molecule has 0 radical (unpaired) electrons. The van der Waals surface area contributed by atoms with E-state index in [4.69, 9.17) is 10.5 Å². The number of benzene rings is 2. The molecule has 6 heteroatoms. The van der Waals surface area contributed by atoms with Crippen LogP contribution in [0.15, 0.2) is 47.4 Å². The van der Waals surface area contributed by atoms with E-state index < -0.39 is 10.0 Å². The van der Waals surface area contributed by atoms with Crippen LogP contribution in [0.3, 0.4) is 0 Å². The van der Waals surface area contributed by atoms with E-state index in [1.54, 1.807) is 30.3 Å². The molecule has 1 saturated carbocycles. The molecule has 0 atom stereocenters. The first kappa shape index (κ1) is 14.4. The van der Waals surface area contributed by atoms with Crippen LogP contribution in [0.4, 0.5) is 11.4 Å². The van der Waals surface area contributed by atoms with Crippen LogP contribution < -0.4 is 14.8 Å². The molecule has 0 saturated heterocycles. The van der Waals surface area contributed by atoms with Crippen molar-refractivity contribution in [2.45, 2.75) is 23.7 Å². The summed E-state index contributed by atoms with van der Waals surface area (Å²) >= 11 is 0. The number of hydrogen-bond acceptors (Lipinski definition) is 4. The lowest BCUT2D eigenvalue weighted by molar-refractivity contribution is 0.316. The van der Waals surface area contributed by atoms with Crippen molar-refractivity contribution in [3.05, 3.63) is 48.0 Å². The van der Waals surface area contributed by atoms with Crippen molar-refractivity contribution in [2.75, 3.05) is 23.2 Å². The van der Waals surface area contributed by atoms with E-state index in [9.17, 15) is 8.42 Å². The second-order valence-electron chi connectivity index (χ2n) is 6.00. The van der Waals surface area contributed by atoms with Crippen LogP contribution in [-0.4, -0.2) is 21.6 Å². The molecule has 0 bridgehead atoms. The quantitative estimate of drug-likeness (QED) is 0.878. The standard InChI is InChI=1S/C17H18N2O3S/c18-14-6-7-17-16(11-14)19(8-9-22-17)23(20,21)15-3-1-2-13(10-15)12-4-5-12/h1-3,6-7,10-12H,4-5,8-9,18H2. The van der Waals surface area contributed by atoms with Gasteiger partial charge in [0.15, 0.2) is 0 Å². The summed E-state index contributed by atoms with van der Waals surface area (Å²) in [5.41, 5.74) is 7.95. The Bertz CT molecular complexity index is 860. The molecule has 1 heterocycles. The zero-order valence-corrected chi connectivity index (χ0v) is 13.4. The van der Waals surface area contributed by atoms with E-state index in [1.165, 1.54) is 4.31 Å². The first-order valence-electron chi connectivity index (χ1n) is 7.71. The Labute approximate surface area is 135 Å². The normalized spacial score (nSPS) is 17.5. The number of nitrogen functional groups attached to an aromatic ring is 1. The van der Waals surface area contributed by atoms with Gasteiger partial charge in [0.1, 0.15) is 12.4 Å². The number of ether oxygens (including phenoxy) is 1. The van der Waals surface area contributed by atoms with Crippen molar-refractivity contribution < 1.29 is 13.2 Å². The largest absolute Gasteiger partial charge is 0.489 e. The molecule has 0 aromatic heterocycles. The van der Waals surface area contributed by atoms with Crippen molar-refractivity contribution in [1.82, 2.24) is 0 Å². The van der Waals surface area contributed by atoms with Crippen LogP contribution in [0.2, 0.25) is 0 Å². The Hall–Kier alpha value is -2.21. The van der Waals surface area contributed by atoms with E-state index in [0.717, 1.165) is 18.4 Å². The minimum absolute atomic E-state index is 0.284. The predicted octanol–water partition coefficient (Wildman–Crippen LogP) is 2.73. The van der Waals surface area contributed by atoms with Gasteiger partial charge in [-0.1, -0.05) is 12.1 Å². The first-order valence-corrected chi connectivity index (χ1v) is 9.15. The summed E-state index contributed by atoms with van der Waals surface area (Å²) in [6, 6.07) is 12.4. The smallest absolute Gasteiger partial charge is 0.264 e. The third-order valence-electron chi connectivity index (χ3n) is 4.30. The third kappa shape index (κ3) is 2.53. The molecular formula is C17H18N2O3S. The van der Waals surface area contributed by atoms with Gasteiger partial charge in [0.05, 0.1) is 17.1 Å². The summed E-state index contributed by atoms with van der Waals surface area (Å²) in [4.78, 5) is 0.331. The van der Waals surface area contributed by atoms with E-state index in [2.05, 4.69) is 0 Å². The minimum Gasteiger partial charge on any atom is -0.489 e. The number of rotatable bonds is 3. The molecule has 2 aromatic carbocycles. The molecule has 2 N–H and O–H groups in total. The highest BCUT2D eigenvalue weighted by molar-refractivity contribution is 7.92. The SMILES string of the molecule is Nc1ccc2c(c1)N(S(=O)(=O)c1cccc(C3CC3)c1)CCO2. The summed E-state index contributed by atoms with van der Waals surface area (Å²) in [6.07, 6.45) is 2.28. The average molecular weight is 330 g/mol. The summed E-state index contributed by atoms with van der Waals surface area (Å²) in [5.74, 6) is 1.06. The third-order valence-corrected chi connectivity index (χ3v) is 6.11. The lowest BCUT2D eigenvalue weighted by atomic mass is 10.1. The Balaban J connectivity index is 1.78. The van der Waals surface area contributed by atoms with E-state index in [1.807, 2.05) is 12.1 Å². The van der Waals surface area contributed by atoms with Crippen molar-refractivity contribution in [3.8, 4) is 5.75 Å². The van der Waals surface area contributed by atoms with Crippen LogP contribution in [0.1, 0.15) is 24.3 Å². The number of nitrogens with two attached hydrogens (primary N) is 1. The van der Waals surface area contributed by atoms with Crippen molar-refractivity contribution >= 4 is 21.4 Å². The van der Waals surface area contributed by atoms with Gasteiger partial charge in [-0.3, -0.25) is 4.31 Å². The van der Waals surface area contributed by atoms with Gasteiger partial charge in [0, 0.05) is 5.69 Å². The van der Waals surface area contributed by atoms with Gasteiger partial charge in [-0.2, -0.15) is 0 Å². The monoisotopic (exact) mass is 330 g/mol. The average Bonchev–Trinajstić information content (AvgIpc) is 3.39. The van der Waals surface area contributed by atoms with E-state index in [0.29, 0.717) is 34.5 Å². The van der Waals surface area contributed by atoms with Crippen molar-refractivity contribution in [2.24, 2.45) is 0 Å². The maximum Gasteiger partial charge on any atom is 0.264 e. The molecule has 0 amide bonds. The van der Waals surface area contributed by atoms with Crippen molar-refractivity contribution in [3.63, 3.8) is 0 Å². The summed E-state index contributed by atoms with van der Waals surface area (Å²) in [6.45, 7) is 0.616. The number of sulfonamides is 1. The highest BCUT2D eigenvalue weighted by Gasteiger charge is 2.31. The fraction of sp³-hybridized carbons (Fsp3) is 0.294. The topological polar surface area (TPSA) is 72.6 Å². The van der Waals surface area contributed by atoms with Crippen LogP contribution in [0.5, 0.6) is 5.75 Å². The fourth-order valence-corrected chi connectivity index (χ4v) is 4.44. The predicted molar refractivity (Wildman–Crippen MR) is 89.3 cm³/mol. The van der Waals surface area contributed by atoms with Gasteiger partial charge in [0.2, 0.25) is 0 Å². The minimum atomic E-state index is -3.62. The van der Waals surface area contributed by atoms with Crippen LogP contribution in [0.25, 0.3) is 0 Å². The lowest BCUT2D eigenvalue weighted by Crippen LogP contribution is -2.38. The molecule has 0 unspecified atom stereocenters. The Morgan fingerprint density at radius 2 is 1.96 bits per heavy atom. The summed E-state index contributed by atoms with van der Waals surface area (Å²) < 4.78 is 33.1. The molecule has 2 aromatic rings. The summed E-state index contributed by atoms with van der Waals surface area (Å²) in [7, 11) is -3.62. The molecule has 4 rings (SSSR count). The fourth-order valence-electron chi connectivity index (χ4n) is 2.93. The van der Waals surface area contributed by atoms with Gasteiger partial charge in [-0.05, 0) is 54.7 Å². The Kier molecular flexibility index (Phi) is 3.23. The zero-order chi connectivity index (χ0) is 16.0. The highest BCUT2D eigenvalue weighted by atomic mass is 32.2. The van der Waals surface area contributed by atoms with Crippen molar-refractivity contribution in [1.29, 1.82) is 0 Å². The molecule has 5 nitrogen and oxygen atoms in total. The molecule has 2 aliphatic rings. The van der Waals surface area contributed by atoms with E-state index in [-0.39, 0.29) is 6.54 Å².